The maximum Gasteiger partial charge on any atom is 0.319 e. The number of aliphatic hydroxyl groups is 1. The molecule has 1 saturated carbocycles. The van der Waals surface area contributed by atoms with Gasteiger partial charge in [-0.2, -0.15) is 0 Å². The lowest BCUT2D eigenvalue weighted by molar-refractivity contribution is 0.00755. The van der Waals surface area contributed by atoms with Gasteiger partial charge in [0.05, 0.1) is 11.7 Å². The van der Waals surface area contributed by atoms with Gasteiger partial charge in [0.15, 0.2) is 0 Å². The number of hydrogen-bond donors (Lipinski definition) is 3. The number of rotatable bonds is 5. The monoisotopic (exact) mass is 306 g/mol. The van der Waals surface area contributed by atoms with Crippen LogP contribution in [-0.4, -0.2) is 30.4 Å². The first kappa shape index (κ1) is 16.8. The Hall–Kier alpha value is -1.59. The van der Waals surface area contributed by atoms with Gasteiger partial charge in [0, 0.05) is 19.3 Å². The number of carbonyl (C=O) groups is 1. The van der Waals surface area contributed by atoms with Gasteiger partial charge in [-0.25, -0.2) is 4.79 Å². The molecule has 22 heavy (non-hydrogen) atoms. The molecule has 1 atom stereocenters. The van der Waals surface area contributed by atoms with Crippen LogP contribution in [0.3, 0.4) is 0 Å². The Kier molecular flexibility index (Phi) is 5.80. The fourth-order valence-electron chi connectivity index (χ4n) is 2.81. The van der Waals surface area contributed by atoms with E-state index in [0.717, 1.165) is 36.9 Å². The van der Waals surface area contributed by atoms with Crippen LogP contribution in [0, 0.1) is 0 Å². The van der Waals surface area contributed by atoms with Crippen molar-refractivity contribution in [1.29, 1.82) is 0 Å². The van der Waals surface area contributed by atoms with E-state index in [1.54, 1.807) is 7.11 Å². The number of nitrogens with one attached hydrogen (secondary N) is 2. The van der Waals surface area contributed by atoms with E-state index in [0.29, 0.717) is 6.54 Å². The molecule has 1 aliphatic rings. The minimum Gasteiger partial charge on any atom is -0.388 e. The van der Waals surface area contributed by atoms with Crippen molar-refractivity contribution in [3.63, 3.8) is 0 Å². The second-order valence-corrected chi connectivity index (χ2v) is 6.10. The molecule has 2 rings (SSSR count). The minimum absolute atomic E-state index is 0.0206. The topological polar surface area (TPSA) is 70.6 Å². The second kappa shape index (κ2) is 7.61. The predicted molar refractivity (Wildman–Crippen MR) is 86.9 cm³/mol. The van der Waals surface area contributed by atoms with Crippen LogP contribution in [0.4, 0.5) is 10.5 Å². The molecule has 5 nitrogen and oxygen atoms in total. The number of ether oxygens (including phenoxy) is 1. The van der Waals surface area contributed by atoms with Crippen molar-refractivity contribution >= 4 is 11.7 Å². The van der Waals surface area contributed by atoms with Gasteiger partial charge in [0.25, 0.3) is 0 Å². The van der Waals surface area contributed by atoms with Gasteiger partial charge in [-0.05, 0) is 37.5 Å². The van der Waals surface area contributed by atoms with E-state index in [4.69, 9.17) is 4.74 Å². The molecule has 0 aliphatic heterocycles. The number of carbonyl (C=O) groups excluding carboxylic acids is 1. The Morgan fingerprint density at radius 3 is 2.77 bits per heavy atom. The molecule has 1 aromatic rings. The van der Waals surface area contributed by atoms with Crippen LogP contribution in [0.1, 0.15) is 50.7 Å². The maximum absolute atomic E-state index is 12.0. The van der Waals surface area contributed by atoms with Gasteiger partial charge < -0.3 is 20.5 Å². The molecule has 5 heteroatoms. The van der Waals surface area contributed by atoms with Crippen molar-refractivity contribution in [2.45, 2.75) is 50.7 Å². The van der Waals surface area contributed by atoms with Gasteiger partial charge >= 0.3 is 6.03 Å². The summed E-state index contributed by atoms with van der Waals surface area (Å²) >= 11 is 0. The van der Waals surface area contributed by atoms with Crippen LogP contribution < -0.4 is 10.6 Å². The molecule has 0 aromatic heterocycles. The summed E-state index contributed by atoms with van der Waals surface area (Å²) in [6, 6.07) is 7.28. The highest BCUT2D eigenvalue weighted by Crippen LogP contribution is 2.27. The Morgan fingerprint density at radius 1 is 1.36 bits per heavy atom. The highest BCUT2D eigenvalue weighted by molar-refractivity contribution is 5.89. The quantitative estimate of drug-likeness (QED) is 0.782. The van der Waals surface area contributed by atoms with E-state index in [9.17, 15) is 9.90 Å². The van der Waals surface area contributed by atoms with Crippen LogP contribution >= 0.6 is 0 Å². The molecule has 0 radical (unpaired) electrons. The molecule has 0 spiro atoms. The minimum atomic E-state index is -0.748. The lowest BCUT2D eigenvalue weighted by atomic mass is 9.85. The Balaban J connectivity index is 1.86. The number of amides is 2. The zero-order chi connectivity index (χ0) is 16.0. The van der Waals surface area contributed by atoms with Crippen molar-refractivity contribution < 1.29 is 14.6 Å². The second-order valence-electron chi connectivity index (χ2n) is 6.10. The summed E-state index contributed by atoms with van der Waals surface area (Å²) in [5, 5.41) is 16.0. The normalized spacial score (nSPS) is 18.5. The first-order chi connectivity index (χ1) is 10.5. The van der Waals surface area contributed by atoms with Crippen molar-refractivity contribution in [3.8, 4) is 0 Å². The summed E-state index contributed by atoms with van der Waals surface area (Å²) in [4.78, 5) is 12.0. The zero-order valence-electron chi connectivity index (χ0n) is 13.4. The lowest BCUT2D eigenvalue weighted by Crippen LogP contribution is -2.45. The zero-order valence-corrected chi connectivity index (χ0v) is 13.4. The largest absolute Gasteiger partial charge is 0.388 e. The smallest absolute Gasteiger partial charge is 0.319 e. The molecule has 3 N–H and O–H groups in total. The SMILES string of the molecule is COC(C)c1cccc(NC(=O)NCC2(O)CCCCC2)c1. The summed E-state index contributed by atoms with van der Waals surface area (Å²) in [5.74, 6) is 0. The van der Waals surface area contributed by atoms with Crippen LogP contribution in [0.5, 0.6) is 0 Å². The Labute approximate surface area is 132 Å². The van der Waals surface area contributed by atoms with Gasteiger partial charge in [-0.3, -0.25) is 0 Å². The standard InChI is InChI=1S/C17H26N2O3/c1-13(22-2)14-7-6-8-15(11-14)19-16(20)18-12-17(21)9-4-3-5-10-17/h6-8,11,13,21H,3-5,9-10,12H2,1-2H3,(H2,18,19,20). The summed E-state index contributed by atoms with van der Waals surface area (Å²) < 4.78 is 5.27. The fourth-order valence-corrected chi connectivity index (χ4v) is 2.81. The van der Waals surface area contributed by atoms with Crippen molar-refractivity contribution in [1.82, 2.24) is 5.32 Å². The summed E-state index contributed by atoms with van der Waals surface area (Å²) in [5.41, 5.74) is 0.975. The lowest BCUT2D eigenvalue weighted by Gasteiger charge is -2.32. The van der Waals surface area contributed by atoms with E-state index in [2.05, 4.69) is 10.6 Å². The fraction of sp³-hybridized carbons (Fsp3) is 0.588. The Morgan fingerprint density at radius 2 is 2.09 bits per heavy atom. The molecule has 1 aliphatic carbocycles. The molecular formula is C17H26N2O3. The van der Waals surface area contributed by atoms with Crippen molar-refractivity contribution in [2.75, 3.05) is 19.0 Å². The third-order valence-electron chi connectivity index (χ3n) is 4.33. The molecule has 2 amide bonds. The average molecular weight is 306 g/mol. The van der Waals surface area contributed by atoms with Gasteiger partial charge in [-0.1, -0.05) is 31.4 Å². The molecule has 0 heterocycles. The highest BCUT2D eigenvalue weighted by atomic mass is 16.5. The first-order valence-corrected chi connectivity index (χ1v) is 7.92. The highest BCUT2D eigenvalue weighted by Gasteiger charge is 2.29. The number of benzene rings is 1. The number of methoxy groups -OCH3 is 1. The number of urea groups is 1. The van der Waals surface area contributed by atoms with E-state index in [1.165, 1.54) is 6.42 Å². The molecule has 0 bridgehead atoms. The maximum atomic E-state index is 12.0. The summed E-state index contributed by atoms with van der Waals surface area (Å²) in [6.07, 6.45) is 4.71. The third-order valence-corrected chi connectivity index (χ3v) is 4.33. The average Bonchev–Trinajstić information content (AvgIpc) is 2.53. The summed E-state index contributed by atoms with van der Waals surface area (Å²) in [7, 11) is 1.66. The van der Waals surface area contributed by atoms with Crippen LogP contribution in [0.2, 0.25) is 0 Å². The first-order valence-electron chi connectivity index (χ1n) is 7.92. The Bertz CT molecular complexity index is 498. The van der Waals surface area contributed by atoms with Gasteiger partial charge in [0.2, 0.25) is 0 Å². The van der Waals surface area contributed by atoms with E-state index in [1.807, 2.05) is 31.2 Å². The van der Waals surface area contributed by atoms with Crippen molar-refractivity contribution in [2.24, 2.45) is 0 Å². The molecule has 122 valence electrons. The number of anilines is 1. The molecule has 1 aromatic carbocycles. The van der Waals surface area contributed by atoms with Crippen LogP contribution in [-0.2, 0) is 4.74 Å². The van der Waals surface area contributed by atoms with Crippen LogP contribution in [0.25, 0.3) is 0 Å². The molecule has 0 saturated heterocycles. The third kappa shape index (κ3) is 4.71. The molecule has 1 fully saturated rings. The van der Waals surface area contributed by atoms with E-state index < -0.39 is 5.60 Å². The predicted octanol–water partition coefficient (Wildman–Crippen LogP) is 3.21. The van der Waals surface area contributed by atoms with E-state index in [-0.39, 0.29) is 12.1 Å². The van der Waals surface area contributed by atoms with Gasteiger partial charge in [-0.15, -0.1) is 0 Å². The van der Waals surface area contributed by atoms with E-state index >= 15 is 0 Å². The molecular weight excluding hydrogens is 280 g/mol. The van der Waals surface area contributed by atoms with Crippen LogP contribution in [0.15, 0.2) is 24.3 Å². The number of hydrogen-bond acceptors (Lipinski definition) is 3. The van der Waals surface area contributed by atoms with Gasteiger partial charge in [0.1, 0.15) is 0 Å². The summed E-state index contributed by atoms with van der Waals surface area (Å²) in [6.45, 7) is 2.25. The van der Waals surface area contributed by atoms with Crippen molar-refractivity contribution in [3.05, 3.63) is 29.8 Å². The molecule has 1 unspecified atom stereocenters.